The van der Waals surface area contributed by atoms with Crippen LogP contribution in [0.5, 0.6) is 5.75 Å². The Hall–Kier alpha value is -3.55. The molecule has 2 aromatic carbocycles. The van der Waals surface area contributed by atoms with Crippen LogP contribution in [-0.2, 0) is 20.1 Å². The molecule has 4 rings (SSSR count). The maximum Gasteiger partial charge on any atom is 0.192 e. The molecule has 0 saturated carbocycles. The summed E-state index contributed by atoms with van der Waals surface area (Å²) in [7, 11) is 3.69. The SMILES string of the molecule is COc1cccc(N2CCCC(NC(=NCc3ccccc3)NCc3nnc(C)n3C)C2)c1. The lowest BCUT2D eigenvalue weighted by Crippen LogP contribution is -2.51. The summed E-state index contributed by atoms with van der Waals surface area (Å²) >= 11 is 0. The fraction of sp³-hybridized carbons (Fsp3) is 0.400. The van der Waals surface area contributed by atoms with Gasteiger partial charge in [-0.2, -0.15) is 0 Å². The third-order valence-corrected chi connectivity index (χ3v) is 6.04. The van der Waals surface area contributed by atoms with Gasteiger partial charge >= 0.3 is 0 Å². The number of aliphatic imine (C=N–C) groups is 1. The van der Waals surface area contributed by atoms with E-state index in [9.17, 15) is 0 Å². The summed E-state index contributed by atoms with van der Waals surface area (Å²) in [5.74, 6) is 3.44. The van der Waals surface area contributed by atoms with Crippen LogP contribution in [0.15, 0.2) is 59.6 Å². The molecule has 33 heavy (non-hydrogen) atoms. The van der Waals surface area contributed by atoms with Gasteiger partial charge in [0, 0.05) is 37.9 Å². The predicted molar refractivity (Wildman–Crippen MR) is 132 cm³/mol. The quantitative estimate of drug-likeness (QED) is 0.428. The van der Waals surface area contributed by atoms with Crippen molar-refractivity contribution in [2.24, 2.45) is 12.0 Å². The molecule has 0 radical (unpaired) electrons. The normalized spacial score (nSPS) is 16.5. The fourth-order valence-corrected chi connectivity index (χ4v) is 4.00. The molecule has 1 fully saturated rings. The highest BCUT2D eigenvalue weighted by atomic mass is 16.5. The van der Waals surface area contributed by atoms with Crippen LogP contribution in [0.1, 0.15) is 30.1 Å². The minimum absolute atomic E-state index is 0.285. The summed E-state index contributed by atoms with van der Waals surface area (Å²) in [5, 5.41) is 15.5. The number of hydrogen-bond donors (Lipinski definition) is 2. The van der Waals surface area contributed by atoms with Crippen molar-refractivity contribution in [2.75, 3.05) is 25.1 Å². The van der Waals surface area contributed by atoms with Gasteiger partial charge in [-0.15, -0.1) is 10.2 Å². The monoisotopic (exact) mass is 447 g/mol. The van der Waals surface area contributed by atoms with E-state index in [1.807, 2.05) is 48.9 Å². The van der Waals surface area contributed by atoms with Gasteiger partial charge in [-0.1, -0.05) is 36.4 Å². The lowest BCUT2D eigenvalue weighted by molar-refractivity contribution is 0.414. The number of methoxy groups -OCH3 is 1. The molecule has 0 bridgehead atoms. The molecule has 1 unspecified atom stereocenters. The lowest BCUT2D eigenvalue weighted by Gasteiger charge is -2.35. The van der Waals surface area contributed by atoms with E-state index in [0.29, 0.717) is 13.1 Å². The number of ether oxygens (including phenoxy) is 1. The minimum atomic E-state index is 0.285. The average molecular weight is 448 g/mol. The molecule has 1 aliphatic heterocycles. The Morgan fingerprint density at radius 1 is 1.15 bits per heavy atom. The van der Waals surface area contributed by atoms with Gasteiger partial charge < -0.3 is 24.8 Å². The largest absolute Gasteiger partial charge is 0.497 e. The molecule has 8 heteroatoms. The number of benzene rings is 2. The number of piperidine rings is 1. The lowest BCUT2D eigenvalue weighted by atomic mass is 10.0. The Morgan fingerprint density at radius 3 is 2.76 bits per heavy atom. The third-order valence-electron chi connectivity index (χ3n) is 6.04. The Morgan fingerprint density at radius 2 is 2.00 bits per heavy atom. The van der Waals surface area contributed by atoms with Gasteiger partial charge in [0.1, 0.15) is 11.6 Å². The Bertz CT molecular complexity index is 1060. The molecule has 1 saturated heterocycles. The van der Waals surface area contributed by atoms with E-state index in [-0.39, 0.29) is 6.04 Å². The molecule has 1 aliphatic rings. The second-order valence-corrected chi connectivity index (χ2v) is 8.36. The first kappa shape index (κ1) is 22.6. The molecular formula is C25H33N7O. The highest BCUT2D eigenvalue weighted by Gasteiger charge is 2.21. The van der Waals surface area contributed by atoms with Gasteiger partial charge in [0.05, 0.1) is 20.2 Å². The van der Waals surface area contributed by atoms with Crippen molar-refractivity contribution >= 4 is 11.6 Å². The maximum atomic E-state index is 5.41. The van der Waals surface area contributed by atoms with Gasteiger partial charge in [-0.05, 0) is 37.5 Å². The maximum absolute atomic E-state index is 5.41. The number of nitrogens with zero attached hydrogens (tertiary/aromatic N) is 5. The second kappa shape index (κ2) is 10.8. The molecule has 1 aromatic heterocycles. The van der Waals surface area contributed by atoms with Crippen molar-refractivity contribution in [3.05, 3.63) is 71.8 Å². The summed E-state index contributed by atoms with van der Waals surface area (Å²) < 4.78 is 7.40. The van der Waals surface area contributed by atoms with Crippen LogP contribution in [0.4, 0.5) is 5.69 Å². The summed E-state index contributed by atoms with van der Waals surface area (Å²) in [6.45, 7) is 5.06. The highest BCUT2D eigenvalue weighted by Crippen LogP contribution is 2.24. The molecule has 2 N–H and O–H groups in total. The van der Waals surface area contributed by atoms with E-state index in [1.165, 1.54) is 11.3 Å². The van der Waals surface area contributed by atoms with Crippen LogP contribution in [0.25, 0.3) is 0 Å². The van der Waals surface area contributed by atoms with Gasteiger partial charge in [-0.25, -0.2) is 4.99 Å². The van der Waals surface area contributed by atoms with E-state index in [0.717, 1.165) is 49.3 Å². The minimum Gasteiger partial charge on any atom is -0.497 e. The van der Waals surface area contributed by atoms with Gasteiger partial charge in [0.25, 0.3) is 0 Å². The number of hydrogen-bond acceptors (Lipinski definition) is 5. The average Bonchev–Trinajstić information content (AvgIpc) is 3.19. The topological polar surface area (TPSA) is 79.6 Å². The number of nitrogens with one attached hydrogen (secondary N) is 2. The van der Waals surface area contributed by atoms with Crippen molar-refractivity contribution in [1.82, 2.24) is 25.4 Å². The van der Waals surface area contributed by atoms with Crippen molar-refractivity contribution in [2.45, 2.75) is 38.9 Å². The Kier molecular flexibility index (Phi) is 7.44. The smallest absolute Gasteiger partial charge is 0.192 e. The predicted octanol–water partition coefficient (Wildman–Crippen LogP) is 3.04. The number of aryl methyl sites for hydroxylation is 1. The number of anilines is 1. The van der Waals surface area contributed by atoms with Crippen LogP contribution < -0.4 is 20.3 Å². The van der Waals surface area contributed by atoms with Crippen molar-refractivity contribution < 1.29 is 4.74 Å². The Balaban J connectivity index is 1.45. The van der Waals surface area contributed by atoms with Crippen molar-refractivity contribution in [3.8, 4) is 5.75 Å². The molecule has 0 aliphatic carbocycles. The first-order chi connectivity index (χ1) is 16.1. The fourth-order valence-electron chi connectivity index (χ4n) is 4.00. The molecule has 174 valence electrons. The zero-order chi connectivity index (χ0) is 23.0. The summed E-state index contributed by atoms with van der Waals surface area (Å²) in [5.41, 5.74) is 2.36. The standard InChI is InChI=1S/C25H33N7O/c1-19-29-30-24(31(19)2)17-27-25(26-16-20-9-5-4-6-10-20)28-21-11-8-14-32(18-21)22-12-7-13-23(15-22)33-3/h4-7,9-10,12-13,15,21H,8,11,14,16-18H2,1-3H3,(H2,26,27,28). The Labute approximate surface area is 195 Å². The van der Waals surface area contributed by atoms with Crippen LogP contribution >= 0.6 is 0 Å². The van der Waals surface area contributed by atoms with Crippen LogP contribution in [0, 0.1) is 6.92 Å². The van der Waals surface area contributed by atoms with E-state index >= 15 is 0 Å². The van der Waals surface area contributed by atoms with Gasteiger partial charge in [0.2, 0.25) is 0 Å². The second-order valence-electron chi connectivity index (χ2n) is 8.36. The van der Waals surface area contributed by atoms with Gasteiger partial charge in [0.15, 0.2) is 11.8 Å². The third kappa shape index (κ3) is 6.03. The number of aromatic nitrogens is 3. The van der Waals surface area contributed by atoms with E-state index in [4.69, 9.17) is 9.73 Å². The molecule has 2 heterocycles. The molecule has 8 nitrogen and oxygen atoms in total. The summed E-state index contributed by atoms with van der Waals surface area (Å²) in [6, 6.07) is 18.9. The van der Waals surface area contributed by atoms with Crippen molar-refractivity contribution in [3.63, 3.8) is 0 Å². The summed E-state index contributed by atoms with van der Waals surface area (Å²) in [6.07, 6.45) is 2.21. The van der Waals surface area contributed by atoms with Crippen LogP contribution in [0.3, 0.4) is 0 Å². The van der Waals surface area contributed by atoms with E-state index in [1.54, 1.807) is 7.11 Å². The summed E-state index contributed by atoms with van der Waals surface area (Å²) in [4.78, 5) is 7.27. The van der Waals surface area contributed by atoms with Crippen LogP contribution in [-0.4, -0.2) is 47.0 Å². The first-order valence-electron chi connectivity index (χ1n) is 11.4. The van der Waals surface area contributed by atoms with E-state index in [2.05, 4.69) is 50.0 Å². The zero-order valence-electron chi connectivity index (χ0n) is 19.7. The molecule has 0 spiro atoms. The van der Waals surface area contributed by atoms with E-state index < -0.39 is 0 Å². The first-order valence-corrected chi connectivity index (χ1v) is 11.4. The molecule has 1 atom stereocenters. The van der Waals surface area contributed by atoms with Gasteiger partial charge in [-0.3, -0.25) is 0 Å². The number of rotatable bonds is 7. The van der Waals surface area contributed by atoms with Crippen molar-refractivity contribution in [1.29, 1.82) is 0 Å². The zero-order valence-corrected chi connectivity index (χ0v) is 19.7. The number of guanidine groups is 1. The van der Waals surface area contributed by atoms with Crippen LogP contribution in [0.2, 0.25) is 0 Å². The molecule has 0 amide bonds. The molecule has 3 aromatic rings. The highest BCUT2D eigenvalue weighted by molar-refractivity contribution is 5.80. The molecular weight excluding hydrogens is 414 g/mol.